The maximum Gasteiger partial charge on any atom is 0.227 e. The molecule has 6 N–H and O–H groups in total. The lowest BCUT2D eigenvalue weighted by atomic mass is 9.99. The molecule has 0 amide bonds. The summed E-state index contributed by atoms with van der Waals surface area (Å²) in [6.45, 7) is -1.53. The zero-order chi connectivity index (χ0) is 12.1. The predicted octanol–water partition coefficient (Wildman–Crippen LogP) is -3.00. The normalized spacial score (nSPS) is 13.6. The lowest BCUT2D eigenvalue weighted by molar-refractivity contribution is -0.319. The van der Waals surface area contributed by atoms with Crippen molar-refractivity contribution in [3.8, 4) is 0 Å². The van der Waals surface area contributed by atoms with E-state index in [9.17, 15) is 10.2 Å². The standard InChI is InChI=1S/C8H19NO6/c1-2-8(14,15)9(6-13)7(3-10,4-11)5-12/h10-15H,2-6H2,1H3. The van der Waals surface area contributed by atoms with Gasteiger partial charge in [-0.25, -0.2) is 4.90 Å². The smallest absolute Gasteiger partial charge is 0.227 e. The molecule has 0 spiro atoms. The molecule has 0 aromatic rings. The van der Waals surface area contributed by atoms with Crippen LogP contribution in [0.2, 0.25) is 0 Å². The first-order chi connectivity index (χ1) is 6.94. The lowest BCUT2D eigenvalue weighted by Gasteiger charge is -2.45. The van der Waals surface area contributed by atoms with E-state index in [2.05, 4.69) is 0 Å². The Hall–Kier alpha value is -0.280. The quantitative estimate of drug-likeness (QED) is 0.255. The summed E-state index contributed by atoms with van der Waals surface area (Å²) in [7, 11) is 0. The van der Waals surface area contributed by atoms with E-state index in [4.69, 9.17) is 20.4 Å². The Balaban J connectivity index is 5.06. The van der Waals surface area contributed by atoms with E-state index in [0.29, 0.717) is 4.90 Å². The van der Waals surface area contributed by atoms with Crippen LogP contribution in [0.15, 0.2) is 0 Å². The fourth-order valence-corrected chi connectivity index (χ4v) is 1.24. The molecule has 0 heterocycles. The first kappa shape index (κ1) is 14.7. The van der Waals surface area contributed by atoms with Gasteiger partial charge in [-0.15, -0.1) is 0 Å². The van der Waals surface area contributed by atoms with Crippen molar-refractivity contribution >= 4 is 0 Å². The highest BCUT2D eigenvalue weighted by atomic mass is 16.5. The minimum atomic E-state index is -2.40. The predicted molar refractivity (Wildman–Crippen MR) is 50.4 cm³/mol. The van der Waals surface area contributed by atoms with Crippen LogP contribution >= 0.6 is 0 Å². The van der Waals surface area contributed by atoms with Crippen LogP contribution in [0.3, 0.4) is 0 Å². The van der Waals surface area contributed by atoms with Crippen molar-refractivity contribution in [1.29, 1.82) is 0 Å². The first-order valence-corrected chi connectivity index (χ1v) is 4.60. The Labute approximate surface area is 87.8 Å². The monoisotopic (exact) mass is 225 g/mol. The molecule has 0 aliphatic heterocycles. The summed E-state index contributed by atoms with van der Waals surface area (Å²) in [5.41, 5.74) is -1.67. The van der Waals surface area contributed by atoms with Gasteiger partial charge in [0.25, 0.3) is 0 Å². The van der Waals surface area contributed by atoms with E-state index in [0.717, 1.165) is 0 Å². The fraction of sp³-hybridized carbons (Fsp3) is 1.00. The van der Waals surface area contributed by atoms with Crippen LogP contribution in [0.25, 0.3) is 0 Å². The Bertz CT molecular complexity index is 174. The van der Waals surface area contributed by atoms with Crippen molar-refractivity contribution in [2.75, 3.05) is 26.6 Å². The van der Waals surface area contributed by atoms with Crippen LogP contribution in [-0.2, 0) is 0 Å². The Morgan fingerprint density at radius 2 is 1.33 bits per heavy atom. The molecule has 7 heteroatoms. The molecule has 0 aromatic heterocycles. The highest BCUT2D eigenvalue weighted by Gasteiger charge is 2.45. The summed E-state index contributed by atoms with van der Waals surface area (Å²) in [5.74, 6) is -2.40. The summed E-state index contributed by atoms with van der Waals surface area (Å²) in [6.07, 6.45) is -0.157. The summed E-state index contributed by atoms with van der Waals surface area (Å²) in [5, 5.41) is 55.1. The topological polar surface area (TPSA) is 125 Å². The van der Waals surface area contributed by atoms with E-state index in [1.54, 1.807) is 0 Å². The average Bonchev–Trinajstić information content (AvgIpc) is 2.25. The van der Waals surface area contributed by atoms with Gasteiger partial charge in [0.1, 0.15) is 6.73 Å². The first-order valence-electron chi connectivity index (χ1n) is 4.60. The third kappa shape index (κ3) is 2.85. The van der Waals surface area contributed by atoms with E-state index < -0.39 is 38.0 Å². The minimum absolute atomic E-state index is 0.157. The lowest BCUT2D eigenvalue weighted by Crippen LogP contribution is -2.66. The van der Waals surface area contributed by atoms with Crippen LogP contribution < -0.4 is 0 Å². The van der Waals surface area contributed by atoms with Crippen molar-refractivity contribution < 1.29 is 30.6 Å². The maximum atomic E-state index is 9.50. The Kier molecular flexibility index (Phi) is 5.60. The third-order valence-electron chi connectivity index (χ3n) is 2.50. The second kappa shape index (κ2) is 5.71. The molecule has 15 heavy (non-hydrogen) atoms. The van der Waals surface area contributed by atoms with Gasteiger partial charge in [0.2, 0.25) is 5.91 Å². The Morgan fingerprint density at radius 3 is 1.53 bits per heavy atom. The van der Waals surface area contributed by atoms with Crippen LogP contribution in [0.5, 0.6) is 0 Å². The molecule has 0 atom stereocenters. The van der Waals surface area contributed by atoms with E-state index in [1.807, 2.05) is 0 Å². The number of nitrogens with zero attached hydrogens (tertiary/aromatic N) is 1. The molecule has 0 unspecified atom stereocenters. The molecule has 7 nitrogen and oxygen atoms in total. The van der Waals surface area contributed by atoms with Crippen LogP contribution in [0, 0.1) is 0 Å². The molecule has 0 aromatic carbocycles. The van der Waals surface area contributed by atoms with Gasteiger partial charge in [0.05, 0.1) is 25.4 Å². The van der Waals surface area contributed by atoms with Gasteiger partial charge in [0, 0.05) is 6.42 Å². The van der Waals surface area contributed by atoms with Gasteiger partial charge in [-0.3, -0.25) is 0 Å². The number of hydrogen-bond acceptors (Lipinski definition) is 7. The molecule has 0 fully saturated rings. The van der Waals surface area contributed by atoms with Gasteiger partial charge in [-0.1, -0.05) is 6.92 Å². The van der Waals surface area contributed by atoms with E-state index in [-0.39, 0.29) is 6.42 Å². The molecular weight excluding hydrogens is 206 g/mol. The number of rotatable bonds is 7. The highest BCUT2D eigenvalue weighted by Crippen LogP contribution is 2.23. The molecule has 0 rings (SSSR count). The highest BCUT2D eigenvalue weighted by molar-refractivity contribution is 4.91. The van der Waals surface area contributed by atoms with Crippen molar-refractivity contribution in [1.82, 2.24) is 4.90 Å². The van der Waals surface area contributed by atoms with E-state index in [1.165, 1.54) is 6.92 Å². The second-order valence-electron chi connectivity index (χ2n) is 3.40. The maximum absolute atomic E-state index is 9.50. The van der Waals surface area contributed by atoms with Crippen molar-refractivity contribution in [3.63, 3.8) is 0 Å². The van der Waals surface area contributed by atoms with Gasteiger partial charge >= 0.3 is 0 Å². The van der Waals surface area contributed by atoms with Gasteiger partial charge in [0.15, 0.2) is 0 Å². The fourth-order valence-electron chi connectivity index (χ4n) is 1.24. The van der Waals surface area contributed by atoms with Crippen molar-refractivity contribution in [2.45, 2.75) is 24.8 Å². The van der Waals surface area contributed by atoms with Crippen LogP contribution in [0.4, 0.5) is 0 Å². The van der Waals surface area contributed by atoms with Crippen molar-refractivity contribution in [3.05, 3.63) is 0 Å². The van der Waals surface area contributed by atoms with Gasteiger partial charge in [-0.05, 0) is 0 Å². The van der Waals surface area contributed by atoms with Gasteiger partial charge in [-0.2, -0.15) is 0 Å². The van der Waals surface area contributed by atoms with E-state index >= 15 is 0 Å². The summed E-state index contributed by atoms with van der Waals surface area (Å²) in [4.78, 5) is 0.639. The SMILES string of the molecule is CCC(O)(O)N(CO)C(CO)(CO)CO. The van der Waals surface area contributed by atoms with Crippen LogP contribution in [0.1, 0.15) is 13.3 Å². The molecular formula is C8H19NO6. The van der Waals surface area contributed by atoms with Gasteiger partial charge < -0.3 is 30.6 Å². The molecule has 92 valence electrons. The van der Waals surface area contributed by atoms with Crippen LogP contribution in [-0.4, -0.2) is 73.5 Å². The molecule has 0 saturated carbocycles. The zero-order valence-electron chi connectivity index (χ0n) is 8.67. The third-order valence-corrected chi connectivity index (χ3v) is 2.50. The zero-order valence-corrected chi connectivity index (χ0v) is 8.67. The molecule has 0 radical (unpaired) electrons. The molecule has 0 bridgehead atoms. The van der Waals surface area contributed by atoms with Crippen molar-refractivity contribution in [2.24, 2.45) is 0 Å². The largest absolute Gasteiger partial charge is 0.394 e. The summed E-state index contributed by atoms with van der Waals surface area (Å²) < 4.78 is 0. The number of aliphatic hydroxyl groups excluding tert-OH is 4. The Morgan fingerprint density at radius 1 is 0.933 bits per heavy atom. The number of aliphatic hydroxyl groups is 6. The molecule has 0 aliphatic carbocycles. The summed E-state index contributed by atoms with van der Waals surface area (Å²) >= 11 is 0. The summed E-state index contributed by atoms with van der Waals surface area (Å²) in [6, 6.07) is 0. The average molecular weight is 225 g/mol. The molecule has 0 aliphatic rings. The number of hydrogen-bond donors (Lipinski definition) is 6. The minimum Gasteiger partial charge on any atom is -0.394 e. The molecule has 0 saturated heterocycles. The second-order valence-corrected chi connectivity index (χ2v) is 3.40.